The highest BCUT2D eigenvalue weighted by Gasteiger charge is 2.12. The molecule has 2 aromatic rings. The van der Waals surface area contributed by atoms with Crippen LogP contribution in [0.3, 0.4) is 0 Å². The number of thiocyanates is 1. The molecule has 0 radical (unpaired) electrons. The lowest BCUT2D eigenvalue weighted by Crippen LogP contribution is -2.16. The van der Waals surface area contributed by atoms with Crippen LogP contribution >= 0.6 is 46.7 Å². The van der Waals surface area contributed by atoms with Crippen molar-refractivity contribution in [2.75, 3.05) is 11.1 Å². The van der Waals surface area contributed by atoms with Crippen LogP contribution in [0.1, 0.15) is 11.1 Å². The molecule has 0 aliphatic carbocycles. The number of nitrogens with one attached hydrogen (secondary N) is 1. The van der Waals surface area contributed by atoms with Gasteiger partial charge in [0.2, 0.25) is 5.91 Å². The molecule has 0 heterocycles. The van der Waals surface area contributed by atoms with Crippen molar-refractivity contribution in [2.24, 2.45) is 0 Å². The number of amides is 1. The minimum atomic E-state index is -0.136. The Morgan fingerprint density at radius 1 is 1.21 bits per heavy atom. The number of hydrogen-bond acceptors (Lipinski definition) is 4. The molecular weight excluding hydrogens is 383 g/mol. The van der Waals surface area contributed by atoms with E-state index in [9.17, 15) is 4.79 Å². The van der Waals surface area contributed by atoms with E-state index in [1.165, 1.54) is 11.8 Å². The first-order valence-corrected chi connectivity index (χ1v) is 9.52. The predicted molar refractivity (Wildman–Crippen MR) is 103 cm³/mol. The molecule has 124 valence electrons. The fraction of sp³-hybridized carbons (Fsp3) is 0.176. The normalized spacial score (nSPS) is 10.3. The lowest BCUT2D eigenvalue weighted by atomic mass is 10.1. The Labute approximate surface area is 159 Å². The quantitative estimate of drug-likeness (QED) is 0.503. The summed E-state index contributed by atoms with van der Waals surface area (Å²) in [4.78, 5) is 13.8. The second-order valence-corrected chi connectivity index (χ2v) is 7.67. The number of nitriles is 1. The van der Waals surface area contributed by atoms with E-state index in [2.05, 4.69) is 5.32 Å². The van der Waals surface area contributed by atoms with Crippen molar-refractivity contribution in [3.05, 3.63) is 51.5 Å². The number of rotatable bonds is 5. The highest BCUT2D eigenvalue weighted by atomic mass is 35.5. The van der Waals surface area contributed by atoms with Gasteiger partial charge in [0, 0.05) is 15.5 Å². The number of benzene rings is 2. The molecule has 0 aliphatic rings. The van der Waals surface area contributed by atoms with Gasteiger partial charge in [0.25, 0.3) is 0 Å². The molecule has 2 rings (SSSR count). The summed E-state index contributed by atoms with van der Waals surface area (Å²) < 4.78 is 0. The van der Waals surface area contributed by atoms with Crippen LogP contribution in [0.5, 0.6) is 0 Å². The molecule has 0 bridgehead atoms. The van der Waals surface area contributed by atoms with Gasteiger partial charge in [0.15, 0.2) is 0 Å². The fourth-order valence-electron chi connectivity index (χ4n) is 2.17. The summed E-state index contributed by atoms with van der Waals surface area (Å²) in [5.74, 6) is 0.0692. The molecule has 0 saturated carbocycles. The molecule has 0 aliphatic heterocycles. The van der Waals surface area contributed by atoms with Crippen molar-refractivity contribution in [1.29, 1.82) is 5.26 Å². The van der Waals surface area contributed by atoms with Gasteiger partial charge in [0.05, 0.1) is 15.8 Å². The van der Waals surface area contributed by atoms with Crippen LogP contribution in [0.25, 0.3) is 0 Å². The van der Waals surface area contributed by atoms with Crippen LogP contribution < -0.4 is 5.32 Å². The molecule has 1 N–H and O–H groups in total. The molecule has 0 atom stereocenters. The summed E-state index contributed by atoms with van der Waals surface area (Å²) >= 11 is 14.6. The SMILES string of the molecule is Cc1cc(SC#N)cc(C)c1NC(=O)CSc1c(Cl)cccc1Cl. The van der Waals surface area contributed by atoms with Gasteiger partial charge in [-0.05, 0) is 61.0 Å². The van der Waals surface area contributed by atoms with Gasteiger partial charge >= 0.3 is 0 Å². The monoisotopic (exact) mass is 396 g/mol. The summed E-state index contributed by atoms with van der Waals surface area (Å²) in [6, 6.07) is 9.02. The lowest BCUT2D eigenvalue weighted by molar-refractivity contribution is -0.113. The number of hydrogen-bond donors (Lipinski definition) is 1. The van der Waals surface area contributed by atoms with E-state index in [1.54, 1.807) is 18.2 Å². The average molecular weight is 397 g/mol. The molecule has 2 aromatic carbocycles. The van der Waals surface area contributed by atoms with Gasteiger partial charge in [-0.3, -0.25) is 4.79 Å². The highest BCUT2D eigenvalue weighted by molar-refractivity contribution is 8.03. The molecule has 7 heteroatoms. The van der Waals surface area contributed by atoms with Crippen molar-refractivity contribution in [3.63, 3.8) is 0 Å². The Kier molecular flexibility index (Phi) is 6.88. The first-order valence-electron chi connectivity index (χ1n) is 6.96. The van der Waals surface area contributed by atoms with E-state index in [0.717, 1.165) is 33.5 Å². The van der Waals surface area contributed by atoms with E-state index in [0.29, 0.717) is 14.9 Å². The van der Waals surface area contributed by atoms with Crippen LogP contribution in [0.4, 0.5) is 5.69 Å². The molecular formula is C17H14Cl2N2OS2. The van der Waals surface area contributed by atoms with Crippen LogP contribution in [-0.4, -0.2) is 11.7 Å². The highest BCUT2D eigenvalue weighted by Crippen LogP contribution is 2.34. The molecule has 24 heavy (non-hydrogen) atoms. The number of carbonyl (C=O) groups excluding carboxylic acids is 1. The van der Waals surface area contributed by atoms with E-state index < -0.39 is 0 Å². The minimum Gasteiger partial charge on any atom is -0.325 e. The summed E-state index contributed by atoms with van der Waals surface area (Å²) in [5.41, 5.74) is 2.61. The first kappa shape index (κ1) is 19.0. The zero-order valence-corrected chi connectivity index (χ0v) is 16.2. The third-order valence-electron chi connectivity index (χ3n) is 3.20. The first-order chi connectivity index (χ1) is 11.4. The average Bonchev–Trinajstić information content (AvgIpc) is 2.51. The molecule has 0 saturated heterocycles. The van der Waals surface area contributed by atoms with Gasteiger partial charge in [-0.2, -0.15) is 5.26 Å². The van der Waals surface area contributed by atoms with Crippen LogP contribution in [-0.2, 0) is 4.79 Å². The van der Waals surface area contributed by atoms with E-state index in [-0.39, 0.29) is 11.7 Å². The smallest absolute Gasteiger partial charge is 0.234 e. The number of halogens is 2. The zero-order valence-electron chi connectivity index (χ0n) is 13.0. The maximum atomic E-state index is 12.2. The predicted octanol–water partition coefficient (Wildman–Crippen LogP) is 5.91. The van der Waals surface area contributed by atoms with Gasteiger partial charge < -0.3 is 5.32 Å². The Morgan fingerprint density at radius 3 is 2.33 bits per heavy atom. The maximum Gasteiger partial charge on any atom is 0.234 e. The Balaban J connectivity index is 2.07. The fourth-order valence-corrected chi connectivity index (χ4v) is 4.23. The molecule has 1 amide bonds. The van der Waals surface area contributed by atoms with Gasteiger partial charge in [-0.1, -0.05) is 29.3 Å². The Hall–Kier alpha value is -1.32. The van der Waals surface area contributed by atoms with Gasteiger partial charge in [-0.25, -0.2) is 0 Å². The van der Waals surface area contributed by atoms with Crippen molar-refractivity contribution in [2.45, 2.75) is 23.6 Å². The van der Waals surface area contributed by atoms with Crippen molar-refractivity contribution >= 4 is 58.3 Å². The van der Waals surface area contributed by atoms with Crippen molar-refractivity contribution < 1.29 is 4.79 Å². The third-order valence-corrected chi connectivity index (χ3v) is 5.75. The number of nitrogens with zero attached hydrogens (tertiary/aromatic N) is 1. The van der Waals surface area contributed by atoms with Crippen LogP contribution in [0.15, 0.2) is 40.1 Å². The van der Waals surface area contributed by atoms with E-state index >= 15 is 0 Å². The largest absolute Gasteiger partial charge is 0.325 e. The molecule has 0 aromatic heterocycles. The summed E-state index contributed by atoms with van der Waals surface area (Å²) in [6.45, 7) is 3.81. The van der Waals surface area contributed by atoms with E-state index in [4.69, 9.17) is 28.5 Å². The number of aryl methyl sites for hydroxylation is 2. The second-order valence-electron chi connectivity index (χ2n) is 5.01. The van der Waals surface area contributed by atoms with Gasteiger partial charge in [-0.15, -0.1) is 11.8 Å². The minimum absolute atomic E-state index is 0.136. The zero-order chi connectivity index (χ0) is 17.7. The third kappa shape index (κ3) is 4.84. The molecule has 0 spiro atoms. The van der Waals surface area contributed by atoms with E-state index in [1.807, 2.05) is 31.4 Å². The van der Waals surface area contributed by atoms with Gasteiger partial charge in [0.1, 0.15) is 5.40 Å². The molecule has 0 unspecified atom stereocenters. The lowest BCUT2D eigenvalue weighted by Gasteiger charge is -2.13. The Morgan fingerprint density at radius 2 is 1.79 bits per heavy atom. The second kappa shape index (κ2) is 8.68. The summed E-state index contributed by atoms with van der Waals surface area (Å²) in [5, 5.41) is 14.8. The molecule has 3 nitrogen and oxygen atoms in total. The topological polar surface area (TPSA) is 52.9 Å². The van der Waals surface area contributed by atoms with Crippen molar-refractivity contribution in [3.8, 4) is 5.40 Å². The maximum absolute atomic E-state index is 12.2. The number of anilines is 1. The standard InChI is InChI=1S/C17H14Cl2N2OS2/c1-10-6-12(24-9-20)7-11(2)16(10)21-15(22)8-23-17-13(18)4-3-5-14(17)19/h3-7H,8H2,1-2H3,(H,21,22). The van der Waals surface area contributed by atoms with Crippen molar-refractivity contribution in [1.82, 2.24) is 0 Å². The summed E-state index contributed by atoms with van der Waals surface area (Å²) in [6.07, 6.45) is 0. The molecule has 0 fully saturated rings. The number of carbonyl (C=O) groups is 1. The summed E-state index contributed by atoms with van der Waals surface area (Å²) in [7, 11) is 0. The van der Waals surface area contributed by atoms with Crippen LogP contribution in [0, 0.1) is 24.5 Å². The number of thioether (sulfide) groups is 2. The van der Waals surface area contributed by atoms with Crippen LogP contribution in [0.2, 0.25) is 10.0 Å². The Bertz CT molecular complexity index is 775.